The van der Waals surface area contributed by atoms with Crippen LogP contribution < -0.4 is 10.1 Å². The van der Waals surface area contributed by atoms with E-state index < -0.39 is 0 Å². The number of likely N-dealkylation sites (N-methyl/N-ethyl adjacent to an activating group) is 1. The predicted molar refractivity (Wildman–Crippen MR) is 84.1 cm³/mol. The van der Waals surface area contributed by atoms with E-state index in [-0.39, 0.29) is 6.04 Å². The van der Waals surface area contributed by atoms with E-state index in [1.807, 2.05) is 17.8 Å². The van der Waals surface area contributed by atoms with E-state index >= 15 is 0 Å². The van der Waals surface area contributed by atoms with Crippen molar-refractivity contribution in [1.82, 2.24) is 15.1 Å². The summed E-state index contributed by atoms with van der Waals surface area (Å²) in [4.78, 5) is 0. The Labute approximate surface area is 128 Å². The van der Waals surface area contributed by atoms with Gasteiger partial charge < -0.3 is 10.1 Å². The monoisotopic (exact) mass is 337 g/mol. The first-order valence-electron chi connectivity index (χ1n) is 6.71. The maximum Gasteiger partial charge on any atom is 0.161 e. The van der Waals surface area contributed by atoms with Crippen LogP contribution in [0.3, 0.4) is 0 Å². The summed E-state index contributed by atoms with van der Waals surface area (Å²) >= 11 is 3.52. The van der Waals surface area contributed by atoms with Gasteiger partial charge in [0.1, 0.15) is 0 Å². The van der Waals surface area contributed by atoms with Gasteiger partial charge in [-0.2, -0.15) is 5.10 Å². The van der Waals surface area contributed by atoms with Crippen molar-refractivity contribution in [3.05, 3.63) is 46.2 Å². The Balaban J connectivity index is 2.30. The molecule has 0 aliphatic rings. The fraction of sp³-hybridized carbons (Fsp3) is 0.400. The third kappa shape index (κ3) is 3.22. The van der Waals surface area contributed by atoms with Crippen LogP contribution in [0.4, 0.5) is 0 Å². The first kappa shape index (κ1) is 15.1. The summed E-state index contributed by atoms with van der Waals surface area (Å²) in [6.45, 7) is 2.91. The molecule has 0 radical (unpaired) electrons. The molecule has 0 saturated heterocycles. The highest BCUT2D eigenvalue weighted by atomic mass is 79.9. The highest BCUT2D eigenvalue weighted by molar-refractivity contribution is 9.10. The Kier molecular flexibility index (Phi) is 5.20. The van der Waals surface area contributed by atoms with Crippen LogP contribution in [-0.4, -0.2) is 23.9 Å². The Morgan fingerprint density at radius 2 is 2.25 bits per heavy atom. The van der Waals surface area contributed by atoms with Gasteiger partial charge in [0.2, 0.25) is 0 Å². The minimum atomic E-state index is 0.168. The van der Waals surface area contributed by atoms with Crippen molar-refractivity contribution in [1.29, 1.82) is 0 Å². The lowest BCUT2D eigenvalue weighted by Gasteiger charge is -2.19. The second kappa shape index (κ2) is 6.90. The fourth-order valence-corrected chi connectivity index (χ4v) is 2.82. The molecule has 0 spiro atoms. The Morgan fingerprint density at radius 1 is 1.45 bits per heavy atom. The second-order valence-corrected chi connectivity index (χ2v) is 5.50. The highest BCUT2D eigenvalue weighted by Crippen LogP contribution is 2.28. The summed E-state index contributed by atoms with van der Waals surface area (Å²) in [5.74, 6) is 0.834. The summed E-state index contributed by atoms with van der Waals surface area (Å²) in [5.41, 5.74) is 2.36. The maximum atomic E-state index is 5.44. The summed E-state index contributed by atoms with van der Waals surface area (Å²) < 4.78 is 8.52. The topological polar surface area (TPSA) is 39.1 Å². The van der Waals surface area contributed by atoms with Gasteiger partial charge in [-0.1, -0.05) is 28.1 Å². The maximum absolute atomic E-state index is 5.44. The zero-order valence-corrected chi connectivity index (χ0v) is 13.6. The minimum absolute atomic E-state index is 0.168. The lowest BCUT2D eigenvalue weighted by atomic mass is 10.0. The molecule has 2 rings (SSSR count). The molecule has 0 amide bonds. The number of aromatic nitrogens is 2. The Hall–Kier alpha value is -1.33. The molecule has 0 aliphatic carbocycles. The van der Waals surface area contributed by atoms with Crippen LogP contribution in [-0.2, 0) is 13.0 Å². The number of methoxy groups -OCH3 is 1. The van der Waals surface area contributed by atoms with Gasteiger partial charge in [0.15, 0.2) is 5.75 Å². The van der Waals surface area contributed by atoms with E-state index in [9.17, 15) is 0 Å². The molecule has 2 aromatic rings. The van der Waals surface area contributed by atoms with Crippen LogP contribution in [0.1, 0.15) is 24.2 Å². The molecule has 108 valence electrons. The average Bonchev–Trinajstić information content (AvgIpc) is 2.87. The van der Waals surface area contributed by atoms with Gasteiger partial charge in [-0.25, -0.2) is 0 Å². The third-order valence-corrected chi connectivity index (χ3v) is 3.86. The largest absolute Gasteiger partial charge is 0.493 e. The van der Waals surface area contributed by atoms with Crippen LogP contribution in [0.15, 0.2) is 34.9 Å². The quantitative estimate of drug-likeness (QED) is 0.879. The fourth-order valence-electron chi connectivity index (χ4n) is 2.37. The molecule has 0 aliphatic heterocycles. The minimum Gasteiger partial charge on any atom is -0.493 e. The standard InChI is InChI=1S/C15H20BrN3O/c1-4-19-15(14(20-3)10-18-19)13(17-2)9-11-6-5-7-12(16)8-11/h5-8,10,13,17H,4,9H2,1-3H3. The Bertz CT molecular complexity index is 546. The van der Waals surface area contributed by atoms with E-state index in [4.69, 9.17) is 4.74 Å². The Morgan fingerprint density at radius 3 is 2.85 bits per heavy atom. The molecule has 4 nitrogen and oxygen atoms in total. The zero-order chi connectivity index (χ0) is 14.5. The van der Waals surface area contributed by atoms with E-state index in [2.05, 4.69) is 51.5 Å². The van der Waals surface area contributed by atoms with Gasteiger partial charge in [0.05, 0.1) is 25.0 Å². The normalized spacial score (nSPS) is 12.4. The van der Waals surface area contributed by atoms with Crippen molar-refractivity contribution < 1.29 is 4.74 Å². The number of hydrogen-bond acceptors (Lipinski definition) is 3. The molecule has 1 aromatic carbocycles. The van der Waals surface area contributed by atoms with Crippen LogP contribution in [0.5, 0.6) is 5.75 Å². The van der Waals surface area contributed by atoms with Crippen molar-refractivity contribution in [2.24, 2.45) is 0 Å². The van der Waals surface area contributed by atoms with E-state index in [0.29, 0.717) is 0 Å². The number of nitrogens with zero attached hydrogens (tertiary/aromatic N) is 2. The van der Waals surface area contributed by atoms with Crippen LogP contribution >= 0.6 is 15.9 Å². The number of aryl methyl sites for hydroxylation is 1. The van der Waals surface area contributed by atoms with Crippen molar-refractivity contribution in [3.63, 3.8) is 0 Å². The molecular formula is C15H20BrN3O. The van der Waals surface area contributed by atoms with Gasteiger partial charge in [-0.3, -0.25) is 4.68 Å². The van der Waals surface area contributed by atoms with E-state index in [0.717, 1.165) is 28.9 Å². The van der Waals surface area contributed by atoms with E-state index in [1.54, 1.807) is 13.3 Å². The molecule has 0 saturated carbocycles. The lowest BCUT2D eigenvalue weighted by Crippen LogP contribution is -2.23. The zero-order valence-electron chi connectivity index (χ0n) is 12.1. The molecule has 0 fully saturated rings. The SMILES string of the molecule is CCn1ncc(OC)c1C(Cc1cccc(Br)c1)NC. The number of nitrogens with one attached hydrogen (secondary N) is 1. The number of ether oxygens (including phenoxy) is 1. The number of hydrogen-bond donors (Lipinski definition) is 1. The molecule has 1 N–H and O–H groups in total. The van der Waals surface area contributed by atoms with Gasteiger partial charge in [-0.15, -0.1) is 0 Å². The number of benzene rings is 1. The molecule has 20 heavy (non-hydrogen) atoms. The average molecular weight is 338 g/mol. The van der Waals surface area contributed by atoms with Crippen LogP contribution in [0.2, 0.25) is 0 Å². The van der Waals surface area contributed by atoms with Gasteiger partial charge >= 0.3 is 0 Å². The summed E-state index contributed by atoms with van der Waals surface area (Å²) in [6, 6.07) is 8.54. The van der Waals surface area contributed by atoms with Crippen LogP contribution in [0.25, 0.3) is 0 Å². The van der Waals surface area contributed by atoms with Gasteiger partial charge in [0.25, 0.3) is 0 Å². The molecule has 1 heterocycles. The highest BCUT2D eigenvalue weighted by Gasteiger charge is 2.20. The molecule has 1 aromatic heterocycles. The van der Waals surface area contributed by atoms with Gasteiger partial charge in [0, 0.05) is 11.0 Å². The molecule has 5 heteroatoms. The van der Waals surface area contributed by atoms with Crippen molar-refractivity contribution in [3.8, 4) is 5.75 Å². The smallest absolute Gasteiger partial charge is 0.161 e. The van der Waals surface area contributed by atoms with Crippen molar-refractivity contribution >= 4 is 15.9 Å². The molecule has 0 bridgehead atoms. The molecule has 1 unspecified atom stereocenters. The molecular weight excluding hydrogens is 318 g/mol. The molecule has 1 atom stereocenters. The predicted octanol–water partition coefficient (Wildman–Crippen LogP) is 3.18. The summed E-state index contributed by atoms with van der Waals surface area (Å²) in [5, 5.41) is 7.74. The second-order valence-electron chi connectivity index (χ2n) is 4.59. The summed E-state index contributed by atoms with van der Waals surface area (Å²) in [7, 11) is 3.65. The number of halogens is 1. The van der Waals surface area contributed by atoms with Crippen LogP contribution in [0, 0.1) is 0 Å². The lowest BCUT2D eigenvalue weighted by molar-refractivity contribution is 0.394. The van der Waals surface area contributed by atoms with E-state index in [1.165, 1.54) is 5.56 Å². The first-order chi connectivity index (χ1) is 9.69. The van der Waals surface area contributed by atoms with Crippen molar-refractivity contribution in [2.75, 3.05) is 14.2 Å². The number of rotatable bonds is 6. The summed E-state index contributed by atoms with van der Waals surface area (Å²) in [6.07, 6.45) is 2.67. The first-order valence-corrected chi connectivity index (χ1v) is 7.50. The third-order valence-electron chi connectivity index (χ3n) is 3.37. The van der Waals surface area contributed by atoms with Crippen molar-refractivity contribution in [2.45, 2.75) is 25.9 Å². The van der Waals surface area contributed by atoms with Gasteiger partial charge in [-0.05, 0) is 38.1 Å².